The maximum absolute atomic E-state index is 11.8. The highest BCUT2D eigenvalue weighted by Crippen LogP contribution is 2.16. The number of carbonyl (C=O) groups is 2. The van der Waals surface area contributed by atoms with Crippen molar-refractivity contribution in [2.45, 2.75) is 6.42 Å². The van der Waals surface area contributed by atoms with Crippen LogP contribution in [-0.4, -0.2) is 38.6 Å². The Morgan fingerprint density at radius 3 is 2.24 bits per heavy atom. The second-order valence-electron chi connectivity index (χ2n) is 5.25. The van der Waals surface area contributed by atoms with Crippen LogP contribution >= 0.6 is 0 Å². The van der Waals surface area contributed by atoms with E-state index in [4.69, 9.17) is 9.47 Å². The summed E-state index contributed by atoms with van der Waals surface area (Å²) in [5.74, 6) is 1.16. The summed E-state index contributed by atoms with van der Waals surface area (Å²) < 4.78 is 10.6. The Hall–Kier alpha value is -3.02. The van der Waals surface area contributed by atoms with E-state index in [-0.39, 0.29) is 18.2 Å². The molecule has 2 rings (SSSR count). The zero-order valence-corrected chi connectivity index (χ0v) is 14.2. The number of carbonyl (C=O) groups excluding carboxylic acids is 2. The minimum absolute atomic E-state index is 0.133. The van der Waals surface area contributed by atoms with Crippen LogP contribution in [0.2, 0.25) is 0 Å². The van der Waals surface area contributed by atoms with Crippen LogP contribution in [0.4, 0.5) is 0 Å². The Morgan fingerprint density at radius 2 is 1.56 bits per heavy atom. The summed E-state index contributed by atoms with van der Waals surface area (Å²) in [4.78, 5) is 23.5. The quantitative estimate of drug-likeness (QED) is 0.684. The van der Waals surface area contributed by atoms with Gasteiger partial charge in [0.25, 0.3) is 5.91 Å². The predicted octanol–water partition coefficient (Wildman–Crippen LogP) is 2.01. The molecule has 0 aliphatic rings. The molecule has 0 bridgehead atoms. The third-order valence-electron chi connectivity index (χ3n) is 3.43. The van der Waals surface area contributed by atoms with Crippen LogP contribution in [-0.2, 0) is 4.79 Å². The number of amides is 2. The summed E-state index contributed by atoms with van der Waals surface area (Å²) >= 11 is 0. The van der Waals surface area contributed by atoms with Crippen molar-refractivity contribution in [2.24, 2.45) is 0 Å². The molecule has 0 aliphatic carbocycles. The van der Waals surface area contributed by atoms with Gasteiger partial charge in [-0.1, -0.05) is 18.2 Å². The van der Waals surface area contributed by atoms with Crippen LogP contribution in [0.15, 0.2) is 54.6 Å². The Labute approximate surface area is 147 Å². The standard InChI is InChI=1S/C19H22N2O4/c1-24-16-7-9-17(10-8-16)25-14-13-20-18(22)11-12-21-19(23)15-5-3-2-4-6-15/h2-10H,11-14H2,1H3,(H,20,22)(H,21,23). The van der Waals surface area contributed by atoms with Gasteiger partial charge in [-0.15, -0.1) is 0 Å². The summed E-state index contributed by atoms with van der Waals surface area (Å²) in [7, 11) is 1.60. The molecule has 0 atom stereocenters. The molecule has 0 radical (unpaired) electrons. The second-order valence-corrected chi connectivity index (χ2v) is 5.25. The van der Waals surface area contributed by atoms with Gasteiger partial charge in [-0.05, 0) is 36.4 Å². The molecule has 2 amide bonds. The number of hydrogen-bond acceptors (Lipinski definition) is 4. The third-order valence-corrected chi connectivity index (χ3v) is 3.43. The van der Waals surface area contributed by atoms with E-state index in [1.54, 1.807) is 43.5 Å². The number of nitrogens with one attached hydrogen (secondary N) is 2. The van der Waals surface area contributed by atoms with Crippen LogP contribution < -0.4 is 20.1 Å². The van der Waals surface area contributed by atoms with E-state index in [0.29, 0.717) is 31.0 Å². The molecule has 0 aliphatic heterocycles. The van der Waals surface area contributed by atoms with Crippen molar-refractivity contribution >= 4 is 11.8 Å². The summed E-state index contributed by atoms with van der Waals surface area (Å²) in [6.45, 7) is 1.06. The topological polar surface area (TPSA) is 76.7 Å². The average molecular weight is 342 g/mol. The van der Waals surface area contributed by atoms with Gasteiger partial charge in [-0.3, -0.25) is 9.59 Å². The number of benzene rings is 2. The minimum Gasteiger partial charge on any atom is -0.497 e. The molecule has 132 valence electrons. The average Bonchev–Trinajstić information content (AvgIpc) is 2.66. The second kappa shape index (κ2) is 9.97. The Kier molecular flexibility index (Phi) is 7.31. The van der Waals surface area contributed by atoms with Crippen molar-refractivity contribution in [3.8, 4) is 11.5 Å². The lowest BCUT2D eigenvalue weighted by Crippen LogP contribution is -2.32. The molecule has 2 aromatic carbocycles. The number of rotatable bonds is 9. The molecule has 6 heteroatoms. The van der Waals surface area contributed by atoms with Gasteiger partial charge in [0.15, 0.2) is 0 Å². The smallest absolute Gasteiger partial charge is 0.251 e. The minimum atomic E-state index is -0.184. The predicted molar refractivity (Wildman–Crippen MR) is 94.9 cm³/mol. The molecule has 0 saturated carbocycles. The maximum atomic E-state index is 11.8. The fraction of sp³-hybridized carbons (Fsp3) is 0.263. The maximum Gasteiger partial charge on any atom is 0.251 e. The summed E-state index contributed by atoms with van der Waals surface area (Å²) in [5, 5.41) is 5.46. The lowest BCUT2D eigenvalue weighted by Gasteiger charge is -2.09. The van der Waals surface area contributed by atoms with Gasteiger partial charge in [0.05, 0.1) is 13.7 Å². The van der Waals surface area contributed by atoms with E-state index in [2.05, 4.69) is 10.6 Å². The van der Waals surface area contributed by atoms with Crippen molar-refractivity contribution < 1.29 is 19.1 Å². The van der Waals surface area contributed by atoms with E-state index < -0.39 is 0 Å². The molecule has 0 unspecified atom stereocenters. The molecule has 25 heavy (non-hydrogen) atoms. The van der Waals surface area contributed by atoms with Crippen molar-refractivity contribution in [1.29, 1.82) is 0 Å². The largest absolute Gasteiger partial charge is 0.497 e. The highest BCUT2D eigenvalue weighted by molar-refractivity contribution is 5.94. The lowest BCUT2D eigenvalue weighted by molar-refractivity contribution is -0.121. The first-order valence-corrected chi connectivity index (χ1v) is 8.06. The van der Waals surface area contributed by atoms with Crippen LogP contribution in [0.1, 0.15) is 16.8 Å². The van der Waals surface area contributed by atoms with Crippen LogP contribution in [0.5, 0.6) is 11.5 Å². The zero-order chi connectivity index (χ0) is 17.9. The van der Waals surface area contributed by atoms with Crippen LogP contribution in [0, 0.1) is 0 Å². The van der Waals surface area contributed by atoms with Gasteiger partial charge in [-0.2, -0.15) is 0 Å². The summed E-state index contributed by atoms with van der Waals surface area (Å²) in [5.41, 5.74) is 0.579. The van der Waals surface area contributed by atoms with Gasteiger partial charge in [0, 0.05) is 18.5 Å². The van der Waals surface area contributed by atoms with Crippen LogP contribution in [0.3, 0.4) is 0 Å². The molecule has 0 saturated heterocycles. The molecule has 0 aromatic heterocycles. The zero-order valence-electron chi connectivity index (χ0n) is 14.2. The summed E-state index contributed by atoms with van der Waals surface area (Å²) in [6.07, 6.45) is 0.223. The van der Waals surface area contributed by atoms with Crippen molar-refractivity contribution in [3.63, 3.8) is 0 Å². The number of hydrogen-bond donors (Lipinski definition) is 2. The van der Waals surface area contributed by atoms with E-state index in [1.165, 1.54) is 0 Å². The Balaban J connectivity index is 1.57. The fourth-order valence-corrected chi connectivity index (χ4v) is 2.10. The molecule has 6 nitrogen and oxygen atoms in total. The number of methoxy groups -OCH3 is 1. The molecule has 2 aromatic rings. The molecule has 2 N–H and O–H groups in total. The SMILES string of the molecule is COc1ccc(OCCNC(=O)CCNC(=O)c2ccccc2)cc1. The van der Waals surface area contributed by atoms with Gasteiger partial charge < -0.3 is 20.1 Å². The van der Waals surface area contributed by atoms with Crippen LogP contribution in [0.25, 0.3) is 0 Å². The van der Waals surface area contributed by atoms with Gasteiger partial charge in [0.2, 0.25) is 5.91 Å². The first-order chi connectivity index (χ1) is 12.2. The highest BCUT2D eigenvalue weighted by atomic mass is 16.5. The molecule has 0 spiro atoms. The molecular weight excluding hydrogens is 320 g/mol. The fourth-order valence-electron chi connectivity index (χ4n) is 2.10. The lowest BCUT2D eigenvalue weighted by atomic mass is 10.2. The normalized spacial score (nSPS) is 9.96. The summed E-state index contributed by atoms with van der Waals surface area (Å²) in [6, 6.07) is 16.1. The molecule has 0 fully saturated rings. The van der Waals surface area contributed by atoms with Gasteiger partial charge in [0.1, 0.15) is 18.1 Å². The first-order valence-electron chi connectivity index (χ1n) is 8.06. The molecular formula is C19H22N2O4. The third kappa shape index (κ3) is 6.55. The van der Waals surface area contributed by atoms with E-state index in [1.807, 2.05) is 18.2 Å². The van der Waals surface area contributed by atoms with Crippen molar-refractivity contribution in [1.82, 2.24) is 10.6 Å². The van der Waals surface area contributed by atoms with Crippen molar-refractivity contribution in [2.75, 3.05) is 26.8 Å². The monoisotopic (exact) mass is 342 g/mol. The Bertz CT molecular complexity index is 672. The van der Waals surface area contributed by atoms with E-state index in [9.17, 15) is 9.59 Å². The molecule has 0 heterocycles. The first kappa shape index (κ1) is 18.3. The van der Waals surface area contributed by atoms with Gasteiger partial charge >= 0.3 is 0 Å². The van der Waals surface area contributed by atoms with Crippen molar-refractivity contribution in [3.05, 3.63) is 60.2 Å². The van der Waals surface area contributed by atoms with Gasteiger partial charge in [-0.25, -0.2) is 0 Å². The van der Waals surface area contributed by atoms with E-state index >= 15 is 0 Å². The number of ether oxygens (including phenoxy) is 2. The van der Waals surface area contributed by atoms with E-state index in [0.717, 1.165) is 5.75 Å². The Morgan fingerprint density at radius 1 is 0.880 bits per heavy atom. The highest BCUT2D eigenvalue weighted by Gasteiger charge is 2.05.